The highest BCUT2D eigenvalue weighted by Gasteiger charge is 2.31. The second-order valence-electron chi connectivity index (χ2n) is 11.3. The molecule has 3 heterocycles. The monoisotopic (exact) mass is 554 g/mol. The first kappa shape index (κ1) is 29.5. The summed E-state index contributed by atoms with van der Waals surface area (Å²) < 4.78 is 7.41. The highest BCUT2D eigenvalue weighted by atomic mass is 16.5. The number of likely N-dealkylation sites (tertiary alicyclic amines) is 1. The standard InChI is InChI=1S/C28H42N8O4/c1-20(33-12-4-5-21(29)10-13-33)19-40-23-8-6-22(7-9-23)36-14-11-24(32-27(36)39)31-26(38)35-17-15-34(16-18-35)25(37)28(2,3)30/h6-9,11,14,20-21H,4-5,10,12-13,15-19,29-30H2,1-3H3,(H,31,32,38,39). The van der Waals surface area contributed by atoms with E-state index in [4.69, 9.17) is 16.2 Å². The van der Waals surface area contributed by atoms with E-state index in [9.17, 15) is 14.4 Å². The molecule has 5 N–H and O–H groups in total. The zero-order valence-corrected chi connectivity index (χ0v) is 23.7. The third-order valence-electron chi connectivity index (χ3n) is 7.48. The average molecular weight is 555 g/mol. The lowest BCUT2D eigenvalue weighted by Gasteiger charge is -2.37. The Hall–Kier alpha value is -3.48. The van der Waals surface area contributed by atoms with Crippen molar-refractivity contribution in [2.75, 3.05) is 51.2 Å². The lowest BCUT2D eigenvalue weighted by molar-refractivity contribution is -0.137. The summed E-state index contributed by atoms with van der Waals surface area (Å²) in [5, 5.41) is 2.68. The van der Waals surface area contributed by atoms with E-state index in [0.29, 0.717) is 38.5 Å². The fraction of sp³-hybridized carbons (Fsp3) is 0.571. The van der Waals surface area contributed by atoms with Gasteiger partial charge in [0.15, 0.2) is 0 Å². The van der Waals surface area contributed by atoms with Gasteiger partial charge in [0.2, 0.25) is 5.91 Å². The molecule has 4 rings (SSSR count). The van der Waals surface area contributed by atoms with Gasteiger partial charge in [-0.2, -0.15) is 4.98 Å². The zero-order valence-electron chi connectivity index (χ0n) is 23.7. The van der Waals surface area contributed by atoms with Gasteiger partial charge in [-0.1, -0.05) is 0 Å². The Kier molecular flexibility index (Phi) is 9.44. The predicted octanol–water partition coefficient (Wildman–Crippen LogP) is 1.23. The van der Waals surface area contributed by atoms with Crippen molar-refractivity contribution in [2.24, 2.45) is 11.5 Å². The summed E-state index contributed by atoms with van der Waals surface area (Å²) in [4.78, 5) is 47.5. The number of carbonyl (C=O) groups excluding carboxylic acids is 2. The SMILES string of the molecule is CC(COc1ccc(-n2ccc(NC(=O)N3CCN(C(=O)C(C)(C)N)CC3)nc2=O)cc1)N1CCCC(N)CC1. The number of piperazine rings is 1. The van der Waals surface area contributed by atoms with Crippen molar-refractivity contribution >= 4 is 17.8 Å². The Morgan fingerprint density at radius 2 is 1.73 bits per heavy atom. The van der Waals surface area contributed by atoms with Crippen molar-refractivity contribution in [3.8, 4) is 11.4 Å². The van der Waals surface area contributed by atoms with E-state index in [1.54, 1.807) is 48.0 Å². The Bertz CT molecular complexity index is 1220. The summed E-state index contributed by atoms with van der Waals surface area (Å²) in [5.74, 6) is 0.741. The number of benzene rings is 1. The molecule has 2 aliphatic rings. The number of rotatable bonds is 7. The van der Waals surface area contributed by atoms with Gasteiger partial charge in [-0.05, 0) is 76.9 Å². The van der Waals surface area contributed by atoms with Crippen LogP contribution >= 0.6 is 0 Å². The first-order valence-corrected chi connectivity index (χ1v) is 14.0. The van der Waals surface area contributed by atoms with Gasteiger partial charge in [0.05, 0.1) is 11.2 Å². The number of nitrogens with two attached hydrogens (primary N) is 2. The summed E-state index contributed by atoms with van der Waals surface area (Å²) in [6, 6.07) is 9.04. The fourth-order valence-electron chi connectivity index (χ4n) is 4.99. The summed E-state index contributed by atoms with van der Waals surface area (Å²) in [7, 11) is 0. The maximum Gasteiger partial charge on any atom is 0.354 e. The molecular weight excluding hydrogens is 512 g/mol. The molecule has 2 aliphatic heterocycles. The summed E-state index contributed by atoms with van der Waals surface area (Å²) in [6.07, 6.45) is 4.77. The first-order valence-electron chi connectivity index (χ1n) is 14.0. The van der Waals surface area contributed by atoms with Crippen LogP contribution in [0.15, 0.2) is 41.3 Å². The smallest absolute Gasteiger partial charge is 0.354 e. The highest BCUT2D eigenvalue weighted by molar-refractivity contribution is 5.89. The Morgan fingerprint density at radius 1 is 1.05 bits per heavy atom. The molecule has 0 aliphatic carbocycles. The van der Waals surface area contributed by atoms with E-state index in [0.717, 1.165) is 38.1 Å². The van der Waals surface area contributed by atoms with Crippen LogP contribution in [0, 0.1) is 0 Å². The van der Waals surface area contributed by atoms with Crippen LogP contribution in [-0.2, 0) is 4.79 Å². The van der Waals surface area contributed by atoms with Gasteiger partial charge in [0.25, 0.3) is 0 Å². The molecular formula is C28H42N8O4. The topological polar surface area (TPSA) is 152 Å². The average Bonchev–Trinajstić information content (AvgIpc) is 3.15. The zero-order chi connectivity index (χ0) is 28.9. The van der Waals surface area contributed by atoms with Gasteiger partial charge in [-0.25, -0.2) is 9.59 Å². The highest BCUT2D eigenvalue weighted by Crippen LogP contribution is 2.17. The number of amides is 3. The number of anilines is 1. The number of hydrogen-bond acceptors (Lipinski definition) is 8. The number of nitrogens with zero attached hydrogens (tertiary/aromatic N) is 5. The van der Waals surface area contributed by atoms with Crippen molar-refractivity contribution < 1.29 is 14.3 Å². The lowest BCUT2D eigenvalue weighted by atomic mass is 10.1. The Labute approximate surface area is 235 Å². The van der Waals surface area contributed by atoms with E-state index in [1.165, 1.54) is 4.57 Å². The number of carbonyl (C=O) groups is 2. The summed E-state index contributed by atoms with van der Waals surface area (Å²) in [5.41, 5.74) is 11.2. The molecule has 0 bridgehead atoms. The molecule has 3 amide bonds. The molecule has 2 atom stereocenters. The van der Waals surface area contributed by atoms with Crippen LogP contribution in [0.25, 0.3) is 5.69 Å². The van der Waals surface area contributed by atoms with Gasteiger partial charge >= 0.3 is 11.7 Å². The molecule has 0 saturated carbocycles. The molecule has 2 saturated heterocycles. The maximum absolute atomic E-state index is 12.7. The fourth-order valence-corrected chi connectivity index (χ4v) is 4.99. The van der Waals surface area contributed by atoms with Crippen LogP contribution in [0.5, 0.6) is 5.75 Å². The van der Waals surface area contributed by atoms with Crippen molar-refractivity contribution in [3.63, 3.8) is 0 Å². The molecule has 1 aromatic carbocycles. The summed E-state index contributed by atoms with van der Waals surface area (Å²) in [6.45, 7) is 9.62. The van der Waals surface area contributed by atoms with E-state index in [1.807, 2.05) is 12.1 Å². The second kappa shape index (κ2) is 12.8. The predicted molar refractivity (Wildman–Crippen MR) is 154 cm³/mol. The van der Waals surface area contributed by atoms with E-state index >= 15 is 0 Å². The largest absolute Gasteiger partial charge is 0.492 e. The molecule has 0 spiro atoms. The molecule has 12 heteroatoms. The molecule has 2 aromatic rings. The minimum atomic E-state index is -0.952. The normalized spacial score (nSPS) is 19.6. The van der Waals surface area contributed by atoms with Crippen molar-refractivity contribution in [1.82, 2.24) is 24.3 Å². The minimum absolute atomic E-state index is 0.148. The molecule has 1 aromatic heterocycles. The second-order valence-corrected chi connectivity index (χ2v) is 11.3. The van der Waals surface area contributed by atoms with Gasteiger partial charge < -0.3 is 26.0 Å². The van der Waals surface area contributed by atoms with E-state index in [2.05, 4.69) is 22.1 Å². The van der Waals surface area contributed by atoms with Crippen LogP contribution in [0.1, 0.15) is 40.0 Å². The number of hydrogen-bond donors (Lipinski definition) is 3. The van der Waals surface area contributed by atoms with Gasteiger partial charge in [-0.3, -0.25) is 19.6 Å². The molecule has 2 unspecified atom stereocenters. The molecule has 0 radical (unpaired) electrons. The first-order chi connectivity index (χ1) is 19.0. The van der Waals surface area contributed by atoms with E-state index in [-0.39, 0.29) is 29.8 Å². The summed E-state index contributed by atoms with van der Waals surface area (Å²) >= 11 is 0. The number of aromatic nitrogens is 2. The number of nitrogens with one attached hydrogen (secondary N) is 1. The number of ether oxygens (including phenoxy) is 1. The van der Waals surface area contributed by atoms with Crippen LogP contribution in [0.3, 0.4) is 0 Å². The molecule has 218 valence electrons. The quantitative estimate of drug-likeness (QED) is 0.462. The minimum Gasteiger partial charge on any atom is -0.492 e. The van der Waals surface area contributed by atoms with Crippen LogP contribution < -0.4 is 27.2 Å². The van der Waals surface area contributed by atoms with Crippen molar-refractivity contribution in [2.45, 2.75) is 57.7 Å². The van der Waals surface area contributed by atoms with Crippen molar-refractivity contribution in [1.29, 1.82) is 0 Å². The molecule has 40 heavy (non-hydrogen) atoms. The van der Waals surface area contributed by atoms with Gasteiger partial charge in [0.1, 0.15) is 18.2 Å². The van der Waals surface area contributed by atoms with Crippen LogP contribution in [0.2, 0.25) is 0 Å². The third-order valence-corrected chi connectivity index (χ3v) is 7.48. The molecule has 2 fully saturated rings. The van der Waals surface area contributed by atoms with Crippen LogP contribution in [0.4, 0.5) is 10.6 Å². The van der Waals surface area contributed by atoms with Gasteiger partial charge in [0, 0.05) is 51.0 Å². The Morgan fingerprint density at radius 3 is 2.38 bits per heavy atom. The Balaban J connectivity index is 1.28. The van der Waals surface area contributed by atoms with Crippen molar-refractivity contribution in [3.05, 3.63) is 47.0 Å². The molecule has 12 nitrogen and oxygen atoms in total. The van der Waals surface area contributed by atoms with Gasteiger partial charge in [-0.15, -0.1) is 0 Å². The third kappa shape index (κ3) is 7.58. The van der Waals surface area contributed by atoms with E-state index < -0.39 is 11.2 Å². The maximum atomic E-state index is 12.7. The number of urea groups is 1. The lowest BCUT2D eigenvalue weighted by Crippen LogP contribution is -2.58. The van der Waals surface area contributed by atoms with Crippen LogP contribution in [-0.4, -0.2) is 99.7 Å².